The minimum atomic E-state index is 0.233. The summed E-state index contributed by atoms with van der Waals surface area (Å²) in [6.07, 6.45) is 2.16. The van der Waals surface area contributed by atoms with Crippen molar-refractivity contribution in [3.8, 4) is 11.5 Å². The molecule has 26 heavy (non-hydrogen) atoms. The van der Waals surface area contributed by atoms with Gasteiger partial charge in [0.15, 0.2) is 11.5 Å². The minimum Gasteiger partial charge on any atom is -0.493 e. The van der Waals surface area contributed by atoms with Crippen LogP contribution in [0.3, 0.4) is 0 Å². The molecule has 0 aliphatic carbocycles. The smallest absolute Gasteiger partial charge is 0.222 e. The summed E-state index contributed by atoms with van der Waals surface area (Å²) in [6.45, 7) is 3.43. The number of fused-ring (bicyclic) bond motifs is 1. The van der Waals surface area contributed by atoms with Gasteiger partial charge in [-0.1, -0.05) is 43.7 Å². The predicted molar refractivity (Wildman–Crippen MR) is 105 cm³/mol. The average molecular weight is 352 g/mol. The number of nitrogens with two attached hydrogens (primary N) is 1. The molecule has 6 nitrogen and oxygen atoms in total. The Kier molecular flexibility index (Phi) is 5.73. The highest BCUT2D eigenvalue weighted by atomic mass is 16.5. The summed E-state index contributed by atoms with van der Waals surface area (Å²) < 4.78 is 11.5. The summed E-state index contributed by atoms with van der Waals surface area (Å²) in [7, 11) is 1.61. The highest BCUT2D eigenvalue weighted by Crippen LogP contribution is 2.35. The fourth-order valence-corrected chi connectivity index (χ4v) is 2.68. The van der Waals surface area contributed by atoms with Gasteiger partial charge >= 0.3 is 0 Å². The third-order valence-electron chi connectivity index (χ3n) is 4.06. The van der Waals surface area contributed by atoms with Crippen LogP contribution in [0, 0.1) is 0 Å². The Morgan fingerprint density at radius 2 is 1.88 bits per heavy atom. The molecule has 3 N–H and O–H groups in total. The number of methoxy groups -OCH3 is 1. The third-order valence-corrected chi connectivity index (χ3v) is 4.06. The molecule has 2 aromatic carbocycles. The van der Waals surface area contributed by atoms with E-state index in [0.29, 0.717) is 23.9 Å². The van der Waals surface area contributed by atoms with Crippen LogP contribution in [0.5, 0.6) is 11.5 Å². The van der Waals surface area contributed by atoms with Crippen molar-refractivity contribution in [2.45, 2.75) is 26.4 Å². The van der Waals surface area contributed by atoms with Gasteiger partial charge in [-0.3, -0.25) is 0 Å². The molecule has 136 valence electrons. The van der Waals surface area contributed by atoms with Crippen molar-refractivity contribution in [1.29, 1.82) is 0 Å². The Bertz CT molecular complexity index is 869. The molecule has 0 bridgehead atoms. The maximum absolute atomic E-state index is 5.99. The second-order valence-corrected chi connectivity index (χ2v) is 6.01. The number of ether oxygens (including phenoxy) is 2. The lowest BCUT2D eigenvalue weighted by molar-refractivity contribution is 0.285. The molecule has 0 spiro atoms. The molecule has 1 aromatic heterocycles. The summed E-state index contributed by atoms with van der Waals surface area (Å²) >= 11 is 0. The van der Waals surface area contributed by atoms with Crippen LogP contribution in [0.1, 0.15) is 25.3 Å². The summed E-state index contributed by atoms with van der Waals surface area (Å²) in [5.74, 6) is 2.21. The van der Waals surface area contributed by atoms with Crippen LogP contribution < -0.4 is 20.5 Å². The number of rotatable bonds is 8. The molecule has 0 amide bonds. The highest BCUT2D eigenvalue weighted by molar-refractivity contribution is 5.92. The first-order valence-electron chi connectivity index (χ1n) is 8.77. The lowest BCUT2D eigenvalue weighted by Gasteiger charge is -2.14. The first-order chi connectivity index (χ1) is 12.7. The van der Waals surface area contributed by atoms with Gasteiger partial charge in [0, 0.05) is 18.0 Å². The van der Waals surface area contributed by atoms with Gasteiger partial charge in [0.1, 0.15) is 12.4 Å². The lowest BCUT2D eigenvalue weighted by atomic mass is 10.2. The number of nitrogens with one attached hydrogen (secondary N) is 1. The number of benzene rings is 2. The zero-order valence-corrected chi connectivity index (χ0v) is 15.2. The molecule has 6 heteroatoms. The van der Waals surface area contributed by atoms with Crippen LogP contribution in [-0.2, 0) is 6.61 Å². The molecular weight excluding hydrogens is 328 g/mol. The largest absolute Gasteiger partial charge is 0.493 e. The maximum Gasteiger partial charge on any atom is 0.222 e. The Morgan fingerprint density at radius 1 is 1.08 bits per heavy atom. The Hall–Kier alpha value is -3.02. The second kappa shape index (κ2) is 8.38. The number of nitrogens with zero attached hydrogens (tertiary/aromatic N) is 2. The Morgan fingerprint density at radius 3 is 2.62 bits per heavy atom. The van der Waals surface area contributed by atoms with Crippen molar-refractivity contribution in [1.82, 2.24) is 9.97 Å². The van der Waals surface area contributed by atoms with Gasteiger partial charge in [-0.05, 0) is 18.1 Å². The number of unbranched alkanes of at least 4 members (excludes halogenated alkanes) is 1. The van der Waals surface area contributed by atoms with E-state index in [1.165, 1.54) is 0 Å². The van der Waals surface area contributed by atoms with E-state index in [0.717, 1.165) is 35.9 Å². The van der Waals surface area contributed by atoms with Gasteiger partial charge in [0.05, 0.1) is 12.6 Å². The standard InChI is InChI=1S/C20H24N4O2/c1-3-4-10-22-19-15-11-18(26-13-14-8-6-5-7-9-14)17(25-2)12-16(15)23-20(21)24-19/h5-9,11-12H,3-4,10,13H2,1-2H3,(H3,21,22,23,24). The second-order valence-electron chi connectivity index (χ2n) is 6.01. The number of aromatic nitrogens is 2. The van der Waals surface area contributed by atoms with Gasteiger partial charge in [-0.25, -0.2) is 4.98 Å². The van der Waals surface area contributed by atoms with Gasteiger partial charge in [-0.15, -0.1) is 0 Å². The van der Waals surface area contributed by atoms with Gasteiger partial charge in [-0.2, -0.15) is 4.98 Å². The van der Waals surface area contributed by atoms with Crippen LogP contribution in [-0.4, -0.2) is 23.6 Å². The molecule has 0 fully saturated rings. The molecule has 3 rings (SSSR count). The van der Waals surface area contributed by atoms with E-state index >= 15 is 0 Å². The summed E-state index contributed by atoms with van der Waals surface area (Å²) in [5, 5.41) is 4.20. The fourth-order valence-electron chi connectivity index (χ4n) is 2.68. The van der Waals surface area contributed by atoms with Gasteiger partial charge in [0.25, 0.3) is 0 Å². The molecular formula is C20H24N4O2. The van der Waals surface area contributed by atoms with E-state index in [9.17, 15) is 0 Å². The van der Waals surface area contributed by atoms with E-state index in [-0.39, 0.29) is 5.95 Å². The van der Waals surface area contributed by atoms with Crippen LogP contribution in [0.2, 0.25) is 0 Å². The molecule has 0 saturated carbocycles. The van der Waals surface area contributed by atoms with E-state index in [2.05, 4.69) is 22.2 Å². The first-order valence-corrected chi connectivity index (χ1v) is 8.77. The molecule has 0 unspecified atom stereocenters. The summed E-state index contributed by atoms with van der Waals surface area (Å²) in [5.41, 5.74) is 7.67. The highest BCUT2D eigenvalue weighted by Gasteiger charge is 2.13. The predicted octanol–water partition coefficient (Wildman–Crippen LogP) is 4.01. The van der Waals surface area contributed by atoms with E-state index in [4.69, 9.17) is 15.2 Å². The molecule has 3 aromatic rings. The van der Waals surface area contributed by atoms with Crippen molar-refractivity contribution >= 4 is 22.7 Å². The number of hydrogen-bond acceptors (Lipinski definition) is 6. The van der Waals surface area contributed by atoms with E-state index < -0.39 is 0 Å². The van der Waals surface area contributed by atoms with Crippen LogP contribution >= 0.6 is 0 Å². The van der Waals surface area contributed by atoms with Crippen molar-refractivity contribution in [3.05, 3.63) is 48.0 Å². The molecule has 0 aliphatic heterocycles. The molecule has 0 radical (unpaired) electrons. The number of anilines is 2. The third kappa shape index (κ3) is 4.14. The monoisotopic (exact) mass is 352 g/mol. The molecule has 0 aliphatic rings. The topological polar surface area (TPSA) is 82.3 Å². The van der Waals surface area contributed by atoms with Gasteiger partial charge < -0.3 is 20.5 Å². The van der Waals surface area contributed by atoms with Gasteiger partial charge in [0.2, 0.25) is 5.95 Å². The fraction of sp³-hybridized carbons (Fsp3) is 0.300. The average Bonchev–Trinajstić information content (AvgIpc) is 2.66. The quantitative estimate of drug-likeness (QED) is 0.596. The van der Waals surface area contributed by atoms with Crippen LogP contribution in [0.15, 0.2) is 42.5 Å². The normalized spacial score (nSPS) is 10.7. The van der Waals surface area contributed by atoms with Crippen LogP contribution in [0.25, 0.3) is 10.9 Å². The van der Waals surface area contributed by atoms with E-state index in [1.54, 1.807) is 7.11 Å². The SMILES string of the molecule is CCCCNc1nc(N)nc2cc(OC)c(OCc3ccccc3)cc12. The van der Waals surface area contributed by atoms with E-state index in [1.807, 2.05) is 42.5 Å². The summed E-state index contributed by atoms with van der Waals surface area (Å²) in [4.78, 5) is 8.67. The zero-order chi connectivity index (χ0) is 18.4. The zero-order valence-electron chi connectivity index (χ0n) is 15.2. The molecule has 0 saturated heterocycles. The van der Waals surface area contributed by atoms with Crippen molar-refractivity contribution in [3.63, 3.8) is 0 Å². The Balaban J connectivity index is 1.94. The van der Waals surface area contributed by atoms with Crippen molar-refractivity contribution in [2.24, 2.45) is 0 Å². The minimum absolute atomic E-state index is 0.233. The number of nitrogen functional groups attached to an aromatic ring is 1. The molecule has 0 atom stereocenters. The van der Waals surface area contributed by atoms with Crippen molar-refractivity contribution in [2.75, 3.05) is 24.7 Å². The summed E-state index contributed by atoms with van der Waals surface area (Å²) in [6, 6.07) is 13.7. The maximum atomic E-state index is 5.99. The first kappa shape index (κ1) is 17.8. The Labute approximate surface area is 153 Å². The van der Waals surface area contributed by atoms with Crippen LogP contribution in [0.4, 0.5) is 11.8 Å². The number of hydrogen-bond donors (Lipinski definition) is 2. The lowest BCUT2D eigenvalue weighted by Crippen LogP contribution is -2.07. The molecule has 1 heterocycles. The van der Waals surface area contributed by atoms with Crippen molar-refractivity contribution < 1.29 is 9.47 Å².